The largest absolute Gasteiger partial charge is 0.383 e. The number of nitrogens with two attached hydrogens (primary N) is 1. The molecular formula is C24H28N6O. The molecule has 3 aromatic heterocycles. The number of fused-ring (bicyclic) bond motifs is 2. The molecule has 1 aliphatic rings. The van der Waals surface area contributed by atoms with Gasteiger partial charge < -0.3 is 10.3 Å². The molecule has 0 unspecified atom stereocenters. The topological polar surface area (TPSA) is 91.6 Å². The molecule has 0 radical (unpaired) electrons. The van der Waals surface area contributed by atoms with Gasteiger partial charge in [-0.3, -0.25) is 4.79 Å². The third-order valence-electron chi connectivity index (χ3n) is 6.59. The van der Waals surface area contributed by atoms with E-state index >= 15 is 0 Å². The first kappa shape index (κ1) is 19.7. The molecule has 3 heterocycles. The van der Waals surface area contributed by atoms with E-state index in [-0.39, 0.29) is 11.6 Å². The van der Waals surface area contributed by atoms with Crippen LogP contribution in [0.2, 0.25) is 0 Å². The minimum absolute atomic E-state index is 0.110. The molecule has 0 saturated heterocycles. The first-order valence-electron chi connectivity index (χ1n) is 11.2. The number of pyridine rings is 1. The SMILES string of the molecule is CCc1nn(Cc2cc3cccc(C)c3c(=O)n2C2CCCCC2)c2ncnc(N)c12. The number of hydrogen-bond acceptors (Lipinski definition) is 5. The lowest BCUT2D eigenvalue weighted by Crippen LogP contribution is -2.30. The van der Waals surface area contributed by atoms with Gasteiger partial charge in [0.25, 0.3) is 5.56 Å². The summed E-state index contributed by atoms with van der Waals surface area (Å²) in [7, 11) is 0. The molecule has 7 heteroatoms. The van der Waals surface area contributed by atoms with Crippen molar-refractivity contribution < 1.29 is 0 Å². The zero-order valence-corrected chi connectivity index (χ0v) is 18.1. The molecule has 31 heavy (non-hydrogen) atoms. The van der Waals surface area contributed by atoms with E-state index in [4.69, 9.17) is 10.8 Å². The summed E-state index contributed by atoms with van der Waals surface area (Å²) in [5.74, 6) is 0.451. The van der Waals surface area contributed by atoms with Crippen LogP contribution in [-0.4, -0.2) is 24.3 Å². The van der Waals surface area contributed by atoms with Gasteiger partial charge in [-0.05, 0) is 43.2 Å². The van der Waals surface area contributed by atoms with E-state index in [9.17, 15) is 4.79 Å². The number of rotatable bonds is 4. The Morgan fingerprint density at radius 2 is 1.94 bits per heavy atom. The van der Waals surface area contributed by atoms with Crippen LogP contribution in [0, 0.1) is 6.92 Å². The van der Waals surface area contributed by atoms with E-state index in [2.05, 4.69) is 23.0 Å². The number of aromatic nitrogens is 5. The quantitative estimate of drug-likeness (QED) is 0.540. The van der Waals surface area contributed by atoms with Gasteiger partial charge in [0.1, 0.15) is 12.1 Å². The second kappa shape index (κ2) is 7.80. The van der Waals surface area contributed by atoms with Crippen molar-refractivity contribution in [2.24, 2.45) is 0 Å². The maximum Gasteiger partial charge on any atom is 0.259 e. The Hall–Kier alpha value is -3.22. The van der Waals surface area contributed by atoms with E-state index in [1.807, 2.05) is 34.4 Å². The van der Waals surface area contributed by atoms with Crippen LogP contribution in [0.15, 0.2) is 35.4 Å². The number of anilines is 1. The van der Waals surface area contributed by atoms with Crippen LogP contribution in [0.5, 0.6) is 0 Å². The maximum absolute atomic E-state index is 13.7. The molecule has 5 rings (SSSR count). The van der Waals surface area contributed by atoms with Crippen molar-refractivity contribution in [1.29, 1.82) is 0 Å². The highest BCUT2D eigenvalue weighted by Gasteiger charge is 2.23. The van der Waals surface area contributed by atoms with E-state index in [0.29, 0.717) is 12.4 Å². The predicted molar refractivity (Wildman–Crippen MR) is 123 cm³/mol. The van der Waals surface area contributed by atoms with Crippen LogP contribution >= 0.6 is 0 Å². The molecule has 160 valence electrons. The summed E-state index contributed by atoms with van der Waals surface area (Å²) in [5.41, 5.74) is 9.85. The third kappa shape index (κ3) is 3.28. The van der Waals surface area contributed by atoms with Crippen LogP contribution < -0.4 is 11.3 Å². The monoisotopic (exact) mass is 416 g/mol. The number of hydrogen-bond donors (Lipinski definition) is 1. The van der Waals surface area contributed by atoms with Crippen LogP contribution in [-0.2, 0) is 13.0 Å². The lowest BCUT2D eigenvalue weighted by atomic mass is 9.94. The highest BCUT2D eigenvalue weighted by atomic mass is 16.1. The Labute approximate surface area is 180 Å². The Morgan fingerprint density at radius 1 is 1.13 bits per heavy atom. The Morgan fingerprint density at radius 3 is 2.71 bits per heavy atom. The van der Waals surface area contributed by atoms with E-state index < -0.39 is 0 Å². The molecule has 0 amide bonds. The number of benzene rings is 1. The van der Waals surface area contributed by atoms with Crippen LogP contribution in [0.25, 0.3) is 21.8 Å². The summed E-state index contributed by atoms with van der Waals surface area (Å²) in [6.07, 6.45) is 7.88. The van der Waals surface area contributed by atoms with Crippen LogP contribution in [0.1, 0.15) is 62.0 Å². The molecular weight excluding hydrogens is 388 g/mol. The van der Waals surface area contributed by atoms with Gasteiger partial charge in [0, 0.05) is 11.7 Å². The Bertz CT molecular complexity index is 1330. The van der Waals surface area contributed by atoms with Crippen molar-refractivity contribution in [2.75, 3.05) is 5.73 Å². The van der Waals surface area contributed by atoms with Crippen LogP contribution in [0.4, 0.5) is 5.82 Å². The van der Waals surface area contributed by atoms with Gasteiger partial charge in [-0.15, -0.1) is 0 Å². The maximum atomic E-state index is 13.7. The molecule has 1 aromatic carbocycles. The van der Waals surface area contributed by atoms with E-state index in [1.165, 1.54) is 12.7 Å². The standard InChI is InChI=1S/C24H28N6O/c1-3-19-21-22(25)26-14-27-23(21)29(28-19)13-18-12-16-9-7-8-15(2)20(16)24(31)30(18)17-10-5-4-6-11-17/h7-9,12,14,17H,3-6,10-11,13H2,1-2H3,(H2,25,26,27). The van der Waals surface area contributed by atoms with Gasteiger partial charge in [-0.1, -0.05) is 44.4 Å². The third-order valence-corrected chi connectivity index (χ3v) is 6.59. The van der Waals surface area contributed by atoms with Crippen molar-refractivity contribution >= 4 is 27.6 Å². The van der Waals surface area contributed by atoms with E-state index in [1.54, 1.807) is 0 Å². The average Bonchev–Trinajstić information content (AvgIpc) is 3.13. The minimum Gasteiger partial charge on any atom is -0.383 e. The Kier molecular flexibility index (Phi) is 4.96. The summed E-state index contributed by atoms with van der Waals surface area (Å²) in [6, 6.07) is 8.44. The zero-order chi connectivity index (χ0) is 21.5. The lowest BCUT2D eigenvalue weighted by Gasteiger charge is -2.27. The first-order valence-corrected chi connectivity index (χ1v) is 11.2. The summed E-state index contributed by atoms with van der Waals surface area (Å²) >= 11 is 0. The molecule has 1 saturated carbocycles. The van der Waals surface area contributed by atoms with Crippen molar-refractivity contribution in [3.8, 4) is 0 Å². The molecule has 7 nitrogen and oxygen atoms in total. The number of nitrogen functional groups attached to an aromatic ring is 1. The zero-order valence-electron chi connectivity index (χ0n) is 18.1. The van der Waals surface area contributed by atoms with Gasteiger partial charge in [-0.2, -0.15) is 5.10 Å². The number of nitrogens with zero attached hydrogens (tertiary/aromatic N) is 5. The summed E-state index contributed by atoms with van der Waals surface area (Å²) < 4.78 is 3.92. The highest BCUT2D eigenvalue weighted by Crippen LogP contribution is 2.30. The summed E-state index contributed by atoms with van der Waals surface area (Å²) in [5, 5.41) is 7.41. The molecule has 0 atom stereocenters. The second-order valence-corrected chi connectivity index (χ2v) is 8.56. The smallest absolute Gasteiger partial charge is 0.259 e. The fourth-order valence-electron chi connectivity index (χ4n) is 5.08. The van der Waals surface area contributed by atoms with Gasteiger partial charge >= 0.3 is 0 Å². The first-order chi connectivity index (χ1) is 15.1. The van der Waals surface area contributed by atoms with Gasteiger partial charge in [0.15, 0.2) is 5.65 Å². The molecule has 0 bridgehead atoms. The highest BCUT2D eigenvalue weighted by molar-refractivity contribution is 5.88. The summed E-state index contributed by atoms with van der Waals surface area (Å²) in [6.45, 7) is 4.54. The fraction of sp³-hybridized carbons (Fsp3) is 0.417. The average molecular weight is 417 g/mol. The fourth-order valence-corrected chi connectivity index (χ4v) is 5.08. The molecule has 1 fully saturated rings. The number of aryl methyl sites for hydroxylation is 2. The molecule has 4 aromatic rings. The van der Waals surface area contributed by atoms with E-state index in [0.717, 1.165) is 70.9 Å². The molecule has 2 N–H and O–H groups in total. The van der Waals surface area contributed by atoms with Crippen molar-refractivity contribution in [3.63, 3.8) is 0 Å². The minimum atomic E-state index is 0.110. The van der Waals surface area contributed by atoms with Gasteiger partial charge in [0.2, 0.25) is 0 Å². The Balaban J connectivity index is 1.72. The molecule has 1 aliphatic carbocycles. The van der Waals surface area contributed by atoms with Gasteiger partial charge in [-0.25, -0.2) is 14.6 Å². The van der Waals surface area contributed by atoms with Gasteiger partial charge in [0.05, 0.1) is 23.0 Å². The summed E-state index contributed by atoms with van der Waals surface area (Å²) in [4.78, 5) is 22.3. The van der Waals surface area contributed by atoms with Crippen molar-refractivity contribution in [2.45, 2.75) is 65.0 Å². The second-order valence-electron chi connectivity index (χ2n) is 8.56. The van der Waals surface area contributed by atoms with Crippen molar-refractivity contribution in [3.05, 3.63) is 57.9 Å². The van der Waals surface area contributed by atoms with Crippen molar-refractivity contribution in [1.82, 2.24) is 24.3 Å². The normalized spacial score (nSPS) is 15.2. The van der Waals surface area contributed by atoms with Crippen LogP contribution in [0.3, 0.4) is 0 Å². The molecule has 0 aliphatic heterocycles. The lowest BCUT2D eigenvalue weighted by molar-refractivity contribution is 0.338. The molecule has 0 spiro atoms. The predicted octanol–water partition coefficient (Wildman–Crippen LogP) is 4.15.